The molecule has 2 heterocycles. The van der Waals surface area contributed by atoms with Crippen molar-refractivity contribution in [1.29, 1.82) is 0 Å². The third kappa shape index (κ3) is 4.36. The van der Waals surface area contributed by atoms with Crippen molar-refractivity contribution in [2.75, 3.05) is 13.7 Å². The number of carbonyl (C=O) groups excluding carboxylic acids is 1. The van der Waals surface area contributed by atoms with E-state index in [1.807, 2.05) is 5.38 Å². The minimum absolute atomic E-state index is 0.247. The van der Waals surface area contributed by atoms with E-state index in [1.54, 1.807) is 12.1 Å². The van der Waals surface area contributed by atoms with Crippen LogP contribution in [0.4, 0.5) is 4.39 Å². The van der Waals surface area contributed by atoms with Gasteiger partial charge in [0.05, 0.1) is 12.8 Å². The van der Waals surface area contributed by atoms with Crippen molar-refractivity contribution in [1.82, 2.24) is 20.3 Å². The fourth-order valence-corrected chi connectivity index (χ4v) is 2.98. The molecule has 2 aromatic heterocycles. The van der Waals surface area contributed by atoms with Crippen LogP contribution in [-0.4, -0.2) is 34.5 Å². The van der Waals surface area contributed by atoms with Gasteiger partial charge in [-0.3, -0.25) is 4.79 Å². The Morgan fingerprint density at radius 3 is 2.84 bits per heavy atom. The highest BCUT2D eigenvalue weighted by Crippen LogP contribution is 2.23. The number of hydrogen-bond acceptors (Lipinski definition) is 6. The second-order valence-electron chi connectivity index (χ2n) is 5.10. The summed E-state index contributed by atoms with van der Waals surface area (Å²) in [5.41, 5.74) is 1.98. The molecule has 0 unspecified atom stereocenters. The van der Waals surface area contributed by atoms with Crippen LogP contribution in [-0.2, 0) is 6.42 Å². The average molecular weight is 358 g/mol. The number of benzene rings is 1. The molecule has 3 rings (SSSR count). The van der Waals surface area contributed by atoms with Gasteiger partial charge >= 0.3 is 0 Å². The fourth-order valence-electron chi connectivity index (χ4n) is 2.12. The summed E-state index contributed by atoms with van der Waals surface area (Å²) in [6.45, 7) is 0.428. The maximum Gasteiger partial charge on any atom is 0.270 e. The van der Waals surface area contributed by atoms with E-state index in [2.05, 4.69) is 20.3 Å². The molecule has 0 radical (unpaired) electrons. The van der Waals surface area contributed by atoms with Crippen LogP contribution in [0.5, 0.6) is 5.88 Å². The monoisotopic (exact) mass is 358 g/mol. The van der Waals surface area contributed by atoms with Crippen molar-refractivity contribution in [3.63, 3.8) is 0 Å². The van der Waals surface area contributed by atoms with Crippen LogP contribution in [0.1, 0.15) is 16.2 Å². The number of ether oxygens (including phenoxy) is 1. The maximum absolute atomic E-state index is 13.0. The van der Waals surface area contributed by atoms with Crippen LogP contribution in [0, 0.1) is 5.82 Å². The van der Waals surface area contributed by atoms with Gasteiger partial charge in [0.2, 0.25) is 5.88 Å². The lowest BCUT2D eigenvalue weighted by Gasteiger charge is -2.04. The first-order chi connectivity index (χ1) is 12.2. The van der Waals surface area contributed by atoms with Crippen LogP contribution in [0.15, 0.2) is 42.0 Å². The molecule has 0 saturated carbocycles. The summed E-state index contributed by atoms with van der Waals surface area (Å²) in [6, 6.07) is 7.69. The van der Waals surface area contributed by atoms with Crippen molar-refractivity contribution >= 4 is 17.2 Å². The highest BCUT2D eigenvalue weighted by molar-refractivity contribution is 7.13. The maximum atomic E-state index is 13.0. The zero-order valence-electron chi connectivity index (χ0n) is 13.4. The highest BCUT2D eigenvalue weighted by atomic mass is 32.1. The molecule has 128 valence electrons. The first kappa shape index (κ1) is 17.0. The van der Waals surface area contributed by atoms with Gasteiger partial charge in [0, 0.05) is 30.0 Å². The fraction of sp³-hybridized carbons (Fsp3) is 0.176. The molecule has 0 atom stereocenters. The molecule has 0 bridgehead atoms. The van der Waals surface area contributed by atoms with Crippen molar-refractivity contribution in [3.8, 4) is 16.5 Å². The van der Waals surface area contributed by atoms with Crippen molar-refractivity contribution in [3.05, 3.63) is 59.2 Å². The topological polar surface area (TPSA) is 77.0 Å². The summed E-state index contributed by atoms with van der Waals surface area (Å²) in [5.74, 6) is -0.233. The first-order valence-electron chi connectivity index (χ1n) is 7.50. The van der Waals surface area contributed by atoms with Gasteiger partial charge in [0.1, 0.15) is 22.8 Å². The number of halogens is 1. The van der Waals surface area contributed by atoms with Crippen molar-refractivity contribution in [2.45, 2.75) is 6.42 Å². The van der Waals surface area contributed by atoms with Crippen LogP contribution in [0.3, 0.4) is 0 Å². The summed E-state index contributed by atoms with van der Waals surface area (Å²) in [5, 5.41) is 5.54. The molecule has 1 amide bonds. The van der Waals surface area contributed by atoms with Gasteiger partial charge in [0.15, 0.2) is 0 Å². The molecule has 0 aliphatic heterocycles. The molecule has 0 aliphatic carbocycles. The first-order valence-corrected chi connectivity index (χ1v) is 8.38. The molecular weight excluding hydrogens is 343 g/mol. The number of hydrogen-bond donors (Lipinski definition) is 1. The molecule has 0 aliphatic rings. The minimum atomic E-state index is -0.297. The number of aromatic nitrogens is 3. The predicted molar refractivity (Wildman–Crippen MR) is 92.1 cm³/mol. The highest BCUT2D eigenvalue weighted by Gasteiger charge is 2.10. The van der Waals surface area contributed by atoms with Gasteiger partial charge in [-0.25, -0.2) is 19.3 Å². The quantitative estimate of drug-likeness (QED) is 0.733. The van der Waals surface area contributed by atoms with E-state index < -0.39 is 0 Å². The number of nitrogens with zero attached hydrogens (tertiary/aromatic N) is 3. The lowest BCUT2D eigenvalue weighted by molar-refractivity contribution is 0.0948. The molecule has 1 aromatic carbocycles. The third-order valence-electron chi connectivity index (χ3n) is 3.39. The van der Waals surface area contributed by atoms with E-state index in [-0.39, 0.29) is 17.4 Å². The van der Waals surface area contributed by atoms with Gasteiger partial charge in [-0.2, -0.15) is 0 Å². The average Bonchev–Trinajstić information content (AvgIpc) is 3.11. The van der Waals surface area contributed by atoms with Gasteiger partial charge in [0.25, 0.3) is 5.91 Å². The van der Waals surface area contributed by atoms with E-state index in [9.17, 15) is 9.18 Å². The Hall–Kier alpha value is -2.87. The number of methoxy groups -OCH3 is 1. The molecule has 0 spiro atoms. The normalized spacial score (nSPS) is 10.5. The SMILES string of the molecule is COc1cc(C(=O)NCCc2csc(-c3ccc(F)cc3)n2)ncn1. The van der Waals surface area contributed by atoms with E-state index in [0.717, 1.165) is 16.3 Å². The second kappa shape index (κ2) is 7.80. The molecule has 0 saturated heterocycles. The van der Waals surface area contributed by atoms with E-state index in [0.29, 0.717) is 18.8 Å². The summed E-state index contributed by atoms with van der Waals surface area (Å²) in [4.78, 5) is 24.3. The standard InChI is InChI=1S/C17H15FN4O2S/c1-24-15-8-14(20-10-21-15)16(23)19-7-6-13-9-25-17(22-13)11-2-4-12(18)5-3-11/h2-5,8-10H,6-7H2,1H3,(H,19,23). The zero-order chi connectivity index (χ0) is 17.6. The largest absolute Gasteiger partial charge is 0.481 e. The Bertz CT molecular complexity index is 867. The van der Waals surface area contributed by atoms with Crippen LogP contribution < -0.4 is 10.1 Å². The molecule has 6 nitrogen and oxygen atoms in total. The summed E-state index contributed by atoms with van der Waals surface area (Å²) < 4.78 is 17.9. The van der Waals surface area contributed by atoms with Gasteiger partial charge in [-0.05, 0) is 24.3 Å². The number of thiazole rings is 1. The predicted octanol–water partition coefficient (Wildman–Crippen LogP) is 2.72. The molecule has 25 heavy (non-hydrogen) atoms. The van der Waals surface area contributed by atoms with Crippen LogP contribution in [0.25, 0.3) is 10.6 Å². The Morgan fingerprint density at radius 2 is 2.08 bits per heavy atom. The van der Waals surface area contributed by atoms with E-state index >= 15 is 0 Å². The smallest absolute Gasteiger partial charge is 0.270 e. The Labute approximate surface area is 147 Å². The number of amides is 1. The molecule has 3 aromatic rings. The lowest BCUT2D eigenvalue weighted by atomic mass is 10.2. The van der Waals surface area contributed by atoms with Crippen molar-refractivity contribution < 1.29 is 13.9 Å². The summed E-state index contributed by atoms with van der Waals surface area (Å²) in [6.07, 6.45) is 1.87. The van der Waals surface area contributed by atoms with Gasteiger partial charge in [-0.15, -0.1) is 11.3 Å². The molecule has 8 heteroatoms. The molecule has 1 N–H and O–H groups in total. The lowest BCUT2D eigenvalue weighted by Crippen LogP contribution is -2.26. The Kier molecular flexibility index (Phi) is 5.30. The number of carbonyl (C=O) groups is 1. The van der Waals surface area contributed by atoms with Crippen molar-refractivity contribution in [2.24, 2.45) is 0 Å². The third-order valence-corrected chi connectivity index (χ3v) is 4.33. The Balaban J connectivity index is 1.55. The Morgan fingerprint density at radius 1 is 1.28 bits per heavy atom. The van der Waals surface area contributed by atoms with E-state index in [4.69, 9.17) is 4.74 Å². The van der Waals surface area contributed by atoms with E-state index in [1.165, 1.54) is 43.0 Å². The summed E-state index contributed by atoms with van der Waals surface area (Å²) in [7, 11) is 1.48. The summed E-state index contributed by atoms with van der Waals surface area (Å²) >= 11 is 1.49. The van der Waals surface area contributed by atoms with Crippen LogP contribution in [0.2, 0.25) is 0 Å². The molecule has 0 fully saturated rings. The minimum Gasteiger partial charge on any atom is -0.481 e. The number of nitrogens with one attached hydrogen (secondary N) is 1. The zero-order valence-corrected chi connectivity index (χ0v) is 14.2. The van der Waals surface area contributed by atoms with Gasteiger partial charge in [-0.1, -0.05) is 0 Å². The van der Waals surface area contributed by atoms with Crippen LogP contribution >= 0.6 is 11.3 Å². The second-order valence-corrected chi connectivity index (χ2v) is 5.96. The number of rotatable bonds is 6. The molecular formula is C17H15FN4O2S. The van der Waals surface area contributed by atoms with Gasteiger partial charge < -0.3 is 10.1 Å².